The first-order chi connectivity index (χ1) is 9.51. The number of hydrogen-bond donors (Lipinski definition) is 0. The molecule has 4 nitrogen and oxygen atoms in total. The standard InChI is InChI=1S/C16H24N2O2/c1-12-5-6-16(20-4)13(9-12)10-15(19)14-11-17(2)7-8-18(14)3/h5-6,9,14H,7-8,10-11H2,1-4H3. The Bertz CT molecular complexity index is 487. The van der Waals surface area contributed by atoms with Crippen LogP contribution in [0.25, 0.3) is 0 Å². The van der Waals surface area contributed by atoms with Crippen molar-refractivity contribution in [1.82, 2.24) is 9.80 Å². The fourth-order valence-electron chi connectivity index (χ4n) is 2.71. The summed E-state index contributed by atoms with van der Waals surface area (Å²) in [6.45, 7) is 4.81. The molecule has 1 aliphatic rings. The molecule has 1 aromatic rings. The highest BCUT2D eigenvalue weighted by Gasteiger charge is 2.28. The molecule has 0 amide bonds. The Morgan fingerprint density at radius 1 is 1.35 bits per heavy atom. The average Bonchev–Trinajstić information content (AvgIpc) is 2.41. The fraction of sp³-hybridized carbons (Fsp3) is 0.562. The summed E-state index contributed by atoms with van der Waals surface area (Å²) >= 11 is 0. The van der Waals surface area contributed by atoms with Gasteiger partial charge in [-0.2, -0.15) is 0 Å². The molecule has 0 bridgehead atoms. The number of hydrogen-bond acceptors (Lipinski definition) is 4. The van der Waals surface area contributed by atoms with E-state index in [-0.39, 0.29) is 11.8 Å². The third kappa shape index (κ3) is 3.38. The van der Waals surface area contributed by atoms with Crippen molar-refractivity contribution in [1.29, 1.82) is 0 Å². The van der Waals surface area contributed by atoms with Crippen LogP contribution in [0.5, 0.6) is 5.75 Å². The predicted molar refractivity (Wildman–Crippen MR) is 80.4 cm³/mol. The van der Waals surface area contributed by atoms with Crippen molar-refractivity contribution in [2.75, 3.05) is 40.8 Å². The molecule has 20 heavy (non-hydrogen) atoms. The van der Waals surface area contributed by atoms with Gasteiger partial charge in [0.25, 0.3) is 0 Å². The lowest BCUT2D eigenvalue weighted by Crippen LogP contribution is -2.53. The molecule has 1 fully saturated rings. The molecule has 0 aromatic heterocycles. The summed E-state index contributed by atoms with van der Waals surface area (Å²) in [6.07, 6.45) is 0.438. The number of ketones is 1. The van der Waals surface area contributed by atoms with Gasteiger partial charge in [0.2, 0.25) is 0 Å². The predicted octanol–water partition coefficient (Wildman–Crippen LogP) is 1.36. The molecular formula is C16H24N2O2. The minimum Gasteiger partial charge on any atom is -0.496 e. The first-order valence-corrected chi connectivity index (χ1v) is 7.06. The second-order valence-corrected chi connectivity index (χ2v) is 5.72. The van der Waals surface area contributed by atoms with Gasteiger partial charge in [-0.25, -0.2) is 0 Å². The minimum absolute atomic E-state index is 0.0148. The molecule has 4 heteroatoms. The van der Waals surface area contributed by atoms with E-state index in [0.717, 1.165) is 36.5 Å². The van der Waals surface area contributed by atoms with E-state index in [1.165, 1.54) is 0 Å². The third-order valence-corrected chi connectivity index (χ3v) is 4.02. The number of methoxy groups -OCH3 is 1. The van der Waals surface area contributed by atoms with E-state index in [1.54, 1.807) is 7.11 Å². The van der Waals surface area contributed by atoms with Crippen molar-refractivity contribution in [3.63, 3.8) is 0 Å². The van der Waals surface area contributed by atoms with E-state index in [1.807, 2.05) is 32.2 Å². The van der Waals surface area contributed by atoms with Crippen LogP contribution in [0.4, 0.5) is 0 Å². The minimum atomic E-state index is -0.0148. The molecule has 1 aromatic carbocycles. The average molecular weight is 276 g/mol. The van der Waals surface area contributed by atoms with Gasteiger partial charge < -0.3 is 9.64 Å². The largest absolute Gasteiger partial charge is 0.496 e. The number of nitrogens with zero attached hydrogens (tertiary/aromatic N) is 2. The monoisotopic (exact) mass is 276 g/mol. The van der Waals surface area contributed by atoms with Gasteiger partial charge in [-0.15, -0.1) is 0 Å². The molecule has 110 valence electrons. The Kier molecular flexibility index (Phi) is 4.78. The zero-order valence-corrected chi connectivity index (χ0v) is 12.8. The molecular weight excluding hydrogens is 252 g/mol. The summed E-state index contributed by atoms with van der Waals surface area (Å²) in [5.41, 5.74) is 2.14. The Morgan fingerprint density at radius 2 is 2.10 bits per heavy atom. The Labute approximate surface area is 121 Å². The normalized spacial score (nSPS) is 20.9. The summed E-state index contributed by atoms with van der Waals surface area (Å²) < 4.78 is 5.36. The zero-order valence-electron chi connectivity index (χ0n) is 12.8. The highest BCUT2D eigenvalue weighted by atomic mass is 16.5. The van der Waals surface area contributed by atoms with Gasteiger partial charge in [0.15, 0.2) is 5.78 Å². The molecule has 0 aliphatic carbocycles. The number of benzene rings is 1. The van der Waals surface area contributed by atoms with E-state index in [9.17, 15) is 4.79 Å². The maximum Gasteiger partial charge on any atom is 0.155 e. The van der Waals surface area contributed by atoms with Crippen LogP contribution in [0, 0.1) is 6.92 Å². The van der Waals surface area contributed by atoms with Crippen LogP contribution in [0.3, 0.4) is 0 Å². The van der Waals surface area contributed by atoms with Gasteiger partial charge in [-0.3, -0.25) is 9.69 Å². The molecule has 1 aliphatic heterocycles. The Balaban J connectivity index is 2.12. The van der Waals surface area contributed by atoms with Gasteiger partial charge in [-0.05, 0) is 27.1 Å². The highest BCUT2D eigenvalue weighted by molar-refractivity contribution is 5.87. The highest BCUT2D eigenvalue weighted by Crippen LogP contribution is 2.21. The maximum atomic E-state index is 12.6. The molecule has 0 spiro atoms. The van der Waals surface area contributed by atoms with Crippen LogP contribution < -0.4 is 4.74 Å². The second kappa shape index (κ2) is 6.37. The Morgan fingerprint density at radius 3 is 2.80 bits per heavy atom. The van der Waals surface area contributed by atoms with Gasteiger partial charge in [-0.1, -0.05) is 17.7 Å². The van der Waals surface area contributed by atoms with Crippen molar-refractivity contribution >= 4 is 5.78 Å². The SMILES string of the molecule is COc1ccc(C)cc1CC(=O)C1CN(C)CCN1C. The lowest BCUT2D eigenvalue weighted by Gasteiger charge is -2.36. The number of aryl methyl sites for hydroxylation is 1. The molecule has 0 saturated carbocycles. The van der Waals surface area contributed by atoms with Crippen LogP contribution in [0.15, 0.2) is 18.2 Å². The molecule has 2 rings (SSSR count). The van der Waals surface area contributed by atoms with Crippen molar-refractivity contribution in [3.05, 3.63) is 29.3 Å². The van der Waals surface area contributed by atoms with E-state index in [0.29, 0.717) is 6.42 Å². The van der Waals surface area contributed by atoms with Gasteiger partial charge in [0, 0.05) is 31.6 Å². The molecule has 1 heterocycles. The van der Waals surface area contributed by atoms with Gasteiger partial charge in [0.1, 0.15) is 5.75 Å². The Hall–Kier alpha value is -1.39. The topological polar surface area (TPSA) is 32.8 Å². The molecule has 0 radical (unpaired) electrons. The summed E-state index contributed by atoms with van der Waals surface area (Å²) in [6, 6.07) is 5.98. The van der Waals surface area contributed by atoms with Crippen LogP contribution >= 0.6 is 0 Å². The second-order valence-electron chi connectivity index (χ2n) is 5.72. The van der Waals surface area contributed by atoms with Gasteiger partial charge in [0.05, 0.1) is 13.2 Å². The molecule has 1 unspecified atom stereocenters. The smallest absolute Gasteiger partial charge is 0.155 e. The quantitative estimate of drug-likeness (QED) is 0.831. The molecule has 1 saturated heterocycles. The van der Waals surface area contributed by atoms with E-state index in [4.69, 9.17) is 4.74 Å². The number of Topliss-reactive ketones (excluding diaryl/α,β-unsaturated/α-hetero) is 1. The number of rotatable bonds is 4. The number of carbonyl (C=O) groups excluding carboxylic acids is 1. The van der Waals surface area contributed by atoms with Crippen molar-refractivity contribution in [3.8, 4) is 5.75 Å². The lowest BCUT2D eigenvalue weighted by molar-refractivity contribution is -0.125. The van der Waals surface area contributed by atoms with Crippen molar-refractivity contribution in [2.24, 2.45) is 0 Å². The fourth-order valence-corrected chi connectivity index (χ4v) is 2.71. The van der Waals surface area contributed by atoms with Crippen molar-refractivity contribution < 1.29 is 9.53 Å². The van der Waals surface area contributed by atoms with Crippen LogP contribution in [-0.4, -0.2) is 62.5 Å². The summed E-state index contributed by atoms with van der Waals surface area (Å²) in [5.74, 6) is 1.07. The number of ether oxygens (including phenoxy) is 1. The number of likely N-dealkylation sites (N-methyl/N-ethyl adjacent to an activating group) is 2. The van der Waals surface area contributed by atoms with Crippen LogP contribution in [-0.2, 0) is 11.2 Å². The first kappa shape index (κ1) is 15.0. The van der Waals surface area contributed by atoms with Crippen molar-refractivity contribution in [2.45, 2.75) is 19.4 Å². The van der Waals surface area contributed by atoms with Gasteiger partial charge >= 0.3 is 0 Å². The van der Waals surface area contributed by atoms with Crippen LogP contribution in [0.1, 0.15) is 11.1 Å². The molecule has 1 atom stereocenters. The van der Waals surface area contributed by atoms with E-state index in [2.05, 4.69) is 16.8 Å². The molecule has 0 N–H and O–H groups in total. The maximum absolute atomic E-state index is 12.6. The third-order valence-electron chi connectivity index (χ3n) is 4.02. The number of piperazine rings is 1. The summed E-state index contributed by atoms with van der Waals surface area (Å²) in [7, 11) is 5.75. The summed E-state index contributed by atoms with van der Waals surface area (Å²) in [5, 5.41) is 0. The van der Waals surface area contributed by atoms with Crippen LogP contribution in [0.2, 0.25) is 0 Å². The number of carbonyl (C=O) groups is 1. The van der Waals surface area contributed by atoms with E-state index >= 15 is 0 Å². The summed E-state index contributed by atoms with van der Waals surface area (Å²) in [4.78, 5) is 17.0. The first-order valence-electron chi connectivity index (χ1n) is 7.06. The lowest BCUT2D eigenvalue weighted by atomic mass is 9.99. The van der Waals surface area contributed by atoms with E-state index < -0.39 is 0 Å². The zero-order chi connectivity index (χ0) is 14.7.